The number of benzene rings is 1. The van der Waals surface area contributed by atoms with Crippen LogP contribution >= 0.6 is 11.3 Å². The summed E-state index contributed by atoms with van der Waals surface area (Å²) in [6.07, 6.45) is 0.905. The number of aromatic nitrogens is 2. The molecule has 2 heterocycles. The van der Waals surface area contributed by atoms with Gasteiger partial charge in [0.25, 0.3) is 5.56 Å². The van der Waals surface area contributed by atoms with Crippen LogP contribution in [0, 0.1) is 0 Å². The minimum absolute atomic E-state index is 0.0240. The van der Waals surface area contributed by atoms with Crippen LogP contribution in [0.1, 0.15) is 24.6 Å². The third-order valence-corrected chi connectivity index (χ3v) is 5.02. The van der Waals surface area contributed by atoms with Crippen LogP contribution in [0.2, 0.25) is 0 Å². The molecule has 1 amide bonds. The Hall–Kier alpha value is -2.93. The predicted molar refractivity (Wildman–Crippen MR) is 111 cm³/mol. The average Bonchev–Trinajstić information content (AvgIpc) is 3.22. The van der Waals surface area contributed by atoms with Crippen LogP contribution in [-0.4, -0.2) is 22.3 Å². The van der Waals surface area contributed by atoms with Crippen molar-refractivity contribution in [3.05, 3.63) is 69.1 Å². The number of thiophene rings is 1. The Balaban J connectivity index is 1.55. The summed E-state index contributed by atoms with van der Waals surface area (Å²) in [5, 5.41) is 9.31. The predicted octanol–water partition coefficient (Wildman–Crippen LogP) is 3.47. The second-order valence-electron chi connectivity index (χ2n) is 6.20. The molecule has 1 N–H and O–H groups in total. The average molecular weight is 398 g/mol. The third-order valence-electron chi connectivity index (χ3n) is 4.14. The lowest BCUT2D eigenvalue weighted by molar-refractivity contribution is -0.121. The Bertz CT molecular complexity index is 950. The van der Waals surface area contributed by atoms with Crippen LogP contribution in [0.25, 0.3) is 11.3 Å². The van der Waals surface area contributed by atoms with Gasteiger partial charge in [0.1, 0.15) is 5.75 Å². The summed E-state index contributed by atoms with van der Waals surface area (Å²) in [7, 11) is 0. The van der Waals surface area contributed by atoms with Gasteiger partial charge in [0.2, 0.25) is 5.91 Å². The molecule has 0 bridgehead atoms. The molecule has 0 aliphatic heterocycles. The molecule has 28 heavy (non-hydrogen) atoms. The third kappa shape index (κ3) is 5.53. The van der Waals surface area contributed by atoms with Crippen molar-refractivity contribution in [2.75, 3.05) is 6.61 Å². The van der Waals surface area contributed by atoms with Gasteiger partial charge >= 0.3 is 0 Å². The summed E-state index contributed by atoms with van der Waals surface area (Å²) in [6, 6.07) is 14.8. The Kier molecular flexibility index (Phi) is 6.97. The first kappa shape index (κ1) is 19.8. The van der Waals surface area contributed by atoms with Crippen molar-refractivity contribution < 1.29 is 9.53 Å². The SMILES string of the molecule is CCOc1ccc(-c2ccc(=O)n(CCCC(=O)NCc3cccs3)n2)cc1. The standard InChI is InChI=1S/C21H23N3O3S/c1-2-27-17-9-7-16(8-10-17)19-11-12-21(26)24(23-19)13-3-6-20(25)22-15-18-5-4-14-28-18/h4-5,7-12,14H,2-3,6,13,15H2,1H3,(H,22,25). The number of hydrogen-bond donors (Lipinski definition) is 1. The van der Waals surface area contributed by atoms with E-state index in [-0.39, 0.29) is 11.5 Å². The first-order valence-corrected chi connectivity index (χ1v) is 10.1. The molecule has 7 heteroatoms. The van der Waals surface area contributed by atoms with Crippen molar-refractivity contribution in [2.45, 2.75) is 32.9 Å². The van der Waals surface area contributed by atoms with Gasteiger partial charge in [-0.1, -0.05) is 6.07 Å². The number of carbonyl (C=O) groups excluding carboxylic acids is 1. The lowest BCUT2D eigenvalue weighted by atomic mass is 10.1. The van der Waals surface area contributed by atoms with E-state index in [1.165, 1.54) is 10.7 Å². The van der Waals surface area contributed by atoms with Crippen LogP contribution in [0.3, 0.4) is 0 Å². The minimum Gasteiger partial charge on any atom is -0.494 e. The van der Waals surface area contributed by atoms with Gasteiger partial charge in [-0.25, -0.2) is 4.68 Å². The van der Waals surface area contributed by atoms with Gasteiger partial charge in [-0.2, -0.15) is 5.10 Å². The summed E-state index contributed by atoms with van der Waals surface area (Å²) in [5.74, 6) is 0.775. The molecule has 0 unspecified atom stereocenters. The molecule has 0 spiro atoms. The van der Waals surface area contributed by atoms with Crippen LogP contribution in [0.4, 0.5) is 0 Å². The van der Waals surface area contributed by atoms with E-state index >= 15 is 0 Å². The zero-order chi connectivity index (χ0) is 19.8. The van der Waals surface area contributed by atoms with E-state index in [4.69, 9.17) is 4.74 Å². The summed E-state index contributed by atoms with van der Waals surface area (Å²) < 4.78 is 6.86. The molecule has 0 atom stereocenters. The Morgan fingerprint density at radius 1 is 1.18 bits per heavy atom. The number of rotatable bonds is 9. The quantitative estimate of drug-likeness (QED) is 0.600. The van der Waals surface area contributed by atoms with Gasteiger partial charge in [-0.15, -0.1) is 11.3 Å². The van der Waals surface area contributed by atoms with Gasteiger partial charge in [0.15, 0.2) is 0 Å². The van der Waals surface area contributed by atoms with Gasteiger partial charge in [-0.05, 0) is 55.1 Å². The fourth-order valence-electron chi connectivity index (χ4n) is 2.73. The zero-order valence-electron chi connectivity index (χ0n) is 15.8. The molecule has 6 nitrogen and oxygen atoms in total. The molecular formula is C21H23N3O3S. The molecule has 0 aliphatic carbocycles. The fourth-order valence-corrected chi connectivity index (χ4v) is 3.37. The molecule has 3 aromatic rings. The summed E-state index contributed by atoms with van der Waals surface area (Å²) in [5.41, 5.74) is 1.45. The second kappa shape index (κ2) is 9.85. The number of carbonyl (C=O) groups is 1. The Morgan fingerprint density at radius 3 is 2.71 bits per heavy atom. The largest absolute Gasteiger partial charge is 0.494 e. The normalized spacial score (nSPS) is 10.6. The van der Waals surface area contributed by atoms with E-state index in [1.807, 2.05) is 48.7 Å². The molecule has 0 saturated carbocycles. The van der Waals surface area contributed by atoms with Crippen LogP contribution in [0.5, 0.6) is 5.75 Å². The van der Waals surface area contributed by atoms with Crippen molar-refractivity contribution in [1.29, 1.82) is 0 Å². The minimum atomic E-state index is -0.173. The van der Waals surface area contributed by atoms with E-state index in [0.717, 1.165) is 16.2 Å². The van der Waals surface area contributed by atoms with Crippen molar-refractivity contribution in [1.82, 2.24) is 15.1 Å². The van der Waals surface area contributed by atoms with Gasteiger partial charge < -0.3 is 10.1 Å². The summed E-state index contributed by atoms with van der Waals surface area (Å²) in [4.78, 5) is 25.2. The number of amides is 1. The highest BCUT2D eigenvalue weighted by molar-refractivity contribution is 7.09. The van der Waals surface area contributed by atoms with Crippen LogP contribution in [-0.2, 0) is 17.9 Å². The van der Waals surface area contributed by atoms with E-state index in [0.29, 0.717) is 38.2 Å². The molecule has 2 aromatic heterocycles. The molecule has 3 rings (SSSR count). The molecular weight excluding hydrogens is 374 g/mol. The highest BCUT2D eigenvalue weighted by Gasteiger charge is 2.06. The maximum absolute atomic E-state index is 12.1. The van der Waals surface area contributed by atoms with Crippen molar-refractivity contribution in [3.63, 3.8) is 0 Å². The number of nitrogens with zero attached hydrogens (tertiary/aromatic N) is 2. The monoisotopic (exact) mass is 397 g/mol. The molecule has 0 fully saturated rings. The van der Waals surface area contributed by atoms with Crippen molar-refractivity contribution >= 4 is 17.2 Å². The van der Waals surface area contributed by atoms with Crippen molar-refractivity contribution in [3.8, 4) is 17.0 Å². The topological polar surface area (TPSA) is 73.2 Å². The second-order valence-corrected chi connectivity index (χ2v) is 7.23. The van der Waals surface area contributed by atoms with E-state index in [9.17, 15) is 9.59 Å². The molecule has 0 radical (unpaired) electrons. The Labute approximate surface area is 167 Å². The number of aryl methyl sites for hydroxylation is 1. The number of ether oxygens (including phenoxy) is 1. The van der Waals surface area contributed by atoms with Crippen LogP contribution < -0.4 is 15.6 Å². The van der Waals surface area contributed by atoms with Gasteiger partial charge in [-0.3, -0.25) is 9.59 Å². The maximum Gasteiger partial charge on any atom is 0.266 e. The highest BCUT2D eigenvalue weighted by atomic mass is 32.1. The fraction of sp³-hybridized carbons (Fsp3) is 0.286. The van der Waals surface area contributed by atoms with Gasteiger partial charge in [0, 0.05) is 29.5 Å². The molecule has 146 valence electrons. The first-order valence-electron chi connectivity index (χ1n) is 9.26. The number of nitrogens with one attached hydrogen (secondary N) is 1. The first-order chi connectivity index (χ1) is 13.7. The smallest absolute Gasteiger partial charge is 0.266 e. The van der Waals surface area contributed by atoms with Gasteiger partial charge in [0.05, 0.1) is 18.8 Å². The van der Waals surface area contributed by atoms with E-state index in [1.54, 1.807) is 17.4 Å². The Morgan fingerprint density at radius 2 is 2.00 bits per heavy atom. The summed E-state index contributed by atoms with van der Waals surface area (Å²) >= 11 is 1.61. The lowest BCUT2D eigenvalue weighted by Gasteiger charge is -2.08. The van der Waals surface area contributed by atoms with Crippen molar-refractivity contribution in [2.24, 2.45) is 0 Å². The number of hydrogen-bond acceptors (Lipinski definition) is 5. The zero-order valence-corrected chi connectivity index (χ0v) is 16.6. The van der Waals surface area contributed by atoms with E-state index < -0.39 is 0 Å². The van der Waals surface area contributed by atoms with E-state index in [2.05, 4.69) is 10.4 Å². The molecule has 1 aromatic carbocycles. The highest BCUT2D eigenvalue weighted by Crippen LogP contribution is 2.19. The molecule has 0 saturated heterocycles. The lowest BCUT2D eigenvalue weighted by Crippen LogP contribution is -2.25. The summed E-state index contributed by atoms with van der Waals surface area (Å²) in [6.45, 7) is 3.50. The molecule has 0 aliphatic rings. The van der Waals surface area contributed by atoms with Crippen LogP contribution in [0.15, 0.2) is 58.7 Å². The maximum atomic E-state index is 12.1.